The minimum Gasteiger partial charge on any atom is -0.480 e. The summed E-state index contributed by atoms with van der Waals surface area (Å²) in [6, 6.07) is -3.59. The van der Waals surface area contributed by atoms with E-state index < -0.39 is 42.1 Å². The molecule has 4 aliphatic rings. The van der Waals surface area contributed by atoms with Gasteiger partial charge in [0.25, 0.3) is 0 Å². The summed E-state index contributed by atoms with van der Waals surface area (Å²) in [5.74, 6) is -1.76. The van der Waals surface area contributed by atoms with E-state index in [1.165, 1.54) is 4.90 Å². The number of ketones is 1. The third kappa shape index (κ3) is 7.97. The Morgan fingerprint density at radius 1 is 0.850 bits per heavy atom. The van der Waals surface area contributed by atoms with Crippen LogP contribution in [-0.4, -0.2) is 70.3 Å². The molecule has 0 spiro atoms. The fourth-order valence-electron chi connectivity index (χ4n) is 6.82. The molecule has 10 nitrogen and oxygen atoms in total. The number of aliphatic carboxylic acids is 1. The summed E-state index contributed by atoms with van der Waals surface area (Å²) in [4.78, 5) is 66.9. The number of carbonyl (C=O) groups excluding carboxylic acids is 4. The van der Waals surface area contributed by atoms with Gasteiger partial charge in [-0.25, -0.2) is 9.59 Å². The number of nitrogens with one attached hydrogen (secondary N) is 3. The molecule has 40 heavy (non-hydrogen) atoms. The highest BCUT2D eigenvalue weighted by atomic mass is 16.4. The first-order chi connectivity index (χ1) is 19.3. The van der Waals surface area contributed by atoms with Crippen LogP contribution >= 0.6 is 0 Å². The molecule has 2 aliphatic carbocycles. The topological polar surface area (TPSA) is 145 Å². The second-order valence-corrected chi connectivity index (χ2v) is 12.6. The highest BCUT2D eigenvalue weighted by molar-refractivity contribution is 5.95. The lowest BCUT2D eigenvalue weighted by Gasteiger charge is -2.32. The van der Waals surface area contributed by atoms with Crippen molar-refractivity contribution in [3.63, 3.8) is 0 Å². The van der Waals surface area contributed by atoms with Crippen LogP contribution in [0.25, 0.3) is 0 Å². The van der Waals surface area contributed by atoms with Crippen molar-refractivity contribution in [2.45, 2.75) is 134 Å². The van der Waals surface area contributed by atoms with Crippen LogP contribution in [0.5, 0.6) is 0 Å². The smallest absolute Gasteiger partial charge is 0.326 e. The molecule has 2 saturated carbocycles. The summed E-state index contributed by atoms with van der Waals surface area (Å²) in [6.07, 6.45) is 13.5. The molecule has 0 bridgehead atoms. The van der Waals surface area contributed by atoms with Crippen LogP contribution in [0.2, 0.25) is 0 Å². The van der Waals surface area contributed by atoms with Gasteiger partial charge in [-0.3, -0.25) is 14.4 Å². The Balaban J connectivity index is 1.47. The maximum atomic E-state index is 13.8. The number of rotatable bonds is 6. The number of carboxylic acid groups (broad SMARTS) is 1. The molecule has 0 radical (unpaired) electrons. The van der Waals surface area contributed by atoms with E-state index in [1.54, 1.807) is 0 Å². The van der Waals surface area contributed by atoms with Crippen LogP contribution in [0, 0.1) is 17.8 Å². The third-order valence-electron chi connectivity index (χ3n) is 9.42. The summed E-state index contributed by atoms with van der Waals surface area (Å²) in [7, 11) is 0. The number of urea groups is 1. The second-order valence-electron chi connectivity index (χ2n) is 12.6. The van der Waals surface area contributed by atoms with Crippen molar-refractivity contribution in [1.29, 1.82) is 0 Å². The maximum Gasteiger partial charge on any atom is 0.326 e. The van der Waals surface area contributed by atoms with E-state index in [-0.39, 0.29) is 29.4 Å². The lowest BCUT2D eigenvalue weighted by atomic mass is 9.81. The second kappa shape index (κ2) is 14.3. The van der Waals surface area contributed by atoms with Crippen LogP contribution in [0.3, 0.4) is 0 Å². The highest BCUT2D eigenvalue weighted by Crippen LogP contribution is 2.35. The summed E-state index contributed by atoms with van der Waals surface area (Å²) >= 11 is 0. The van der Waals surface area contributed by atoms with Gasteiger partial charge in [0.1, 0.15) is 18.1 Å². The summed E-state index contributed by atoms with van der Waals surface area (Å²) < 4.78 is 0. The molecule has 2 heterocycles. The fraction of sp³-hybridized carbons (Fsp3) is 0.833. The van der Waals surface area contributed by atoms with E-state index in [0.29, 0.717) is 32.2 Å². The fourth-order valence-corrected chi connectivity index (χ4v) is 6.82. The van der Waals surface area contributed by atoms with E-state index in [0.717, 1.165) is 77.0 Å². The average molecular weight is 561 g/mol. The zero-order valence-electron chi connectivity index (χ0n) is 24.0. The molecule has 224 valence electrons. The van der Waals surface area contributed by atoms with E-state index in [9.17, 15) is 29.1 Å². The number of Topliss-reactive ketones (excluding diaryl/α,β-unsaturated/α-hetero) is 1. The van der Waals surface area contributed by atoms with Crippen LogP contribution in [0.1, 0.15) is 110 Å². The van der Waals surface area contributed by atoms with Crippen LogP contribution in [-0.2, 0) is 19.2 Å². The van der Waals surface area contributed by atoms with Crippen molar-refractivity contribution in [3.05, 3.63) is 0 Å². The minimum absolute atomic E-state index is 0.0357. The number of carbonyl (C=O) groups is 5. The standard InChI is InChI=1S/C30H48N4O6/c1-19-11-6-3-2-4-9-14-22(28(37)34-18-10-15-23(34)27(36)32-24(19)29(38)39)31-30(40)33-25(26(35)21-16-17-21)20-12-7-5-8-13-20/h19-25H,2-18H2,1H3,(H,32,36)(H,38,39)(H2,31,33,40)/t19?,22-,23-,24+,25-/m0/s1. The minimum atomic E-state index is -1.06. The number of hydrogen-bond donors (Lipinski definition) is 4. The summed E-state index contributed by atoms with van der Waals surface area (Å²) in [5.41, 5.74) is 0. The normalized spacial score (nSPS) is 30.3. The van der Waals surface area contributed by atoms with Gasteiger partial charge in [-0.15, -0.1) is 0 Å². The molecule has 4 N–H and O–H groups in total. The molecule has 4 rings (SSSR count). The zero-order chi connectivity index (χ0) is 28.6. The predicted octanol–water partition coefficient (Wildman–Crippen LogP) is 3.52. The van der Waals surface area contributed by atoms with Gasteiger partial charge < -0.3 is 26.0 Å². The largest absolute Gasteiger partial charge is 0.480 e. The molecule has 0 aromatic heterocycles. The summed E-state index contributed by atoms with van der Waals surface area (Å²) in [6.45, 7) is 2.23. The highest BCUT2D eigenvalue weighted by Gasteiger charge is 2.42. The Kier molecular flexibility index (Phi) is 10.8. The first-order valence-corrected chi connectivity index (χ1v) is 15.7. The number of carboxylic acids is 1. The van der Waals surface area contributed by atoms with Crippen molar-refractivity contribution < 1.29 is 29.1 Å². The van der Waals surface area contributed by atoms with Gasteiger partial charge in [-0.2, -0.15) is 0 Å². The average Bonchev–Trinajstić information content (AvgIpc) is 3.68. The maximum absolute atomic E-state index is 13.8. The van der Waals surface area contributed by atoms with Gasteiger partial charge in [0, 0.05) is 12.5 Å². The lowest BCUT2D eigenvalue weighted by Crippen LogP contribution is -2.58. The van der Waals surface area contributed by atoms with Crippen molar-refractivity contribution in [2.24, 2.45) is 17.8 Å². The number of amides is 4. The summed E-state index contributed by atoms with van der Waals surface area (Å²) in [5, 5.41) is 18.3. The number of nitrogens with zero attached hydrogens (tertiary/aromatic N) is 1. The molecule has 2 saturated heterocycles. The molecule has 4 fully saturated rings. The van der Waals surface area contributed by atoms with Crippen molar-refractivity contribution >= 4 is 29.6 Å². The zero-order valence-corrected chi connectivity index (χ0v) is 24.0. The first-order valence-electron chi connectivity index (χ1n) is 15.7. The Labute approximate surface area is 237 Å². The molecule has 10 heteroatoms. The van der Waals surface area contributed by atoms with E-state index >= 15 is 0 Å². The SMILES string of the molecule is CC1CCCCCCC[C@H](NC(=O)N[C@H](C(=O)C2CC2)C2CCCCC2)C(=O)N2CCC[C@H]2C(=O)N[C@H]1C(=O)O. The Morgan fingerprint density at radius 2 is 1.48 bits per heavy atom. The molecular formula is C30H48N4O6. The Bertz CT molecular complexity index is 931. The van der Waals surface area contributed by atoms with E-state index in [2.05, 4.69) is 16.0 Å². The van der Waals surface area contributed by atoms with Crippen molar-refractivity contribution in [3.8, 4) is 0 Å². The third-order valence-corrected chi connectivity index (χ3v) is 9.42. The van der Waals surface area contributed by atoms with E-state index in [4.69, 9.17) is 0 Å². The molecule has 0 aromatic carbocycles. The van der Waals surface area contributed by atoms with Gasteiger partial charge in [-0.05, 0) is 63.2 Å². The lowest BCUT2D eigenvalue weighted by molar-refractivity contribution is -0.145. The number of fused-ring (bicyclic) bond motifs is 1. The van der Waals surface area contributed by atoms with Crippen LogP contribution in [0.4, 0.5) is 4.79 Å². The molecular weight excluding hydrogens is 512 g/mol. The molecule has 2 aliphatic heterocycles. The van der Waals surface area contributed by atoms with Crippen LogP contribution < -0.4 is 16.0 Å². The Morgan fingerprint density at radius 3 is 2.15 bits per heavy atom. The van der Waals surface area contributed by atoms with Gasteiger partial charge in [0.2, 0.25) is 11.8 Å². The molecule has 4 amide bonds. The van der Waals surface area contributed by atoms with E-state index in [1.807, 2.05) is 6.92 Å². The van der Waals surface area contributed by atoms with Crippen molar-refractivity contribution in [2.75, 3.05) is 6.54 Å². The monoisotopic (exact) mass is 560 g/mol. The van der Waals surface area contributed by atoms with Gasteiger partial charge >= 0.3 is 12.0 Å². The van der Waals surface area contributed by atoms with Gasteiger partial charge in [-0.1, -0.05) is 58.3 Å². The molecule has 5 atom stereocenters. The Hall–Kier alpha value is -2.65. The number of hydrogen-bond acceptors (Lipinski definition) is 5. The quantitative estimate of drug-likeness (QED) is 0.391. The van der Waals surface area contributed by atoms with Crippen LogP contribution in [0.15, 0.2) is 0 Å². The first kappa shape index (κ1) is 30.3. The molecule has 1 unspecified atom stereocenters. The van der Waals surface area contributed by atoms with Gasteiger partial charge in [0.15, 0.2) is 5.78 Å². The van der Waals surface area contributed by atoms with Crippen molar-refractivity contribution in [1.82, 2.24) is 20.9 Å². The predicted molar refractivity (Wildman–Crippen MR) is 149 cm³/mol. The van der Waals surface area contributed by atoms with Gasteiger partial charge in [0.05, 0.1) is 6.04 Å². The molecule has 0 aromatic rings.